The molecule has 0 saturated heterocycles. The van der Waals surface area contributed by atoms with Crippen LogP contribution in [0.4, 0.5) is 11.8 Å². The van der Waals surface area contributed by atoms with Gasteiger partial charge in [0.1, 0.15) is 11.4 Å². The maximum absolute atomic E-state index is 5.96. The minimum absolute atomic E-state index is 0.235. The van der Waals surface area contributed by atoms with E-state index >= 15 is 0 Å². The summed E-state index contributed by atoms with van der Waals surface area (Å²) in [6.45, 7) is 8.47. The number of nitrogens with zero attached hydrogens (tertiary/aromatic N) is 7. The zero-order valence-electron chi connectivity index (χ0n) is 16.4. The molecule has 1 aliphatic carbocycles. The topological polar surface area (TPSA) is 108 Å². The highest BCUT2D eigenvalue weighted by atomic mass is 16.5. The summed E-state index contributed by atoms with van der Waals surface area (Å²) in [5.41, 5.74) is 7.60. The van der Waals surface area contributed by atoms with Gasteiger partial charge in [0.25, 0.3) is 0 Å². The second kappa shape index (κ2) is 6.10. The van der Waals surface area contributed by atoms with Crippen LogP contribution in [0.3, 0.4) is 0 Å². The van der Waals surface area contributed by atoms with Crippen LogP contribution in [0.15, 0.2) is 12.4 Å². The number of nitrogens with two attached hydrogens (primary N) is 1. The lowest BCUT2D eigenvalue weighted by molar-refractivity contribution is -0.0530. The first-order valence-electron chi connectivity index (χ1n) is 9.75. The van der Waals surface area contributed by atoms with Gasteiger partial charge in [-0.05, 0) is 33.6 Å². The molecule has 0 unspecified atom stereocenters. The Labute approximate surface area is 163 Å². The fourth-order valence-electron chi connectivity index (χ4n) is 3.86. The molecule has 2 N–H and O–H groups in total. The summed E-state index contributed by atoms with van der Waals surface area (Å²) in [6, 6.07) is 0.515. The quantitative estimate of drug-likeness (QED) is 0.733. The minimum atomic E-state index is -0.461. The zero-order chi connectivity index (χ0) is 19.5. The van der Waals surface area contributed by atoms with Gasteiger partial charge in [-0.3, -0.25) is 0 Å². The van der Waals surface area contributed by atoms with Gasteiger partial charge in [0, 0.05) is 31.5 Å². The van der Waals surface area contributed by atoms with Crippen molar-refractivity contribution < 1.29 is 4.74 Å². The molecule has 146 valence electrons. The molecule has 0 aromatic carbocycles. The van der Waals surface area contributed by atoms with Gasteiger partial charge in [-0.1, -0.05) is 0 Å². The van der Waals surface area contributed by atoms with Crippen LogP contribution in [-0.2, 0) is 16.9 Å². The molecule has 1 saturated carbocycles. The number of rotatable bonds is 4. The highest BCUT2D eigenvalue weighted by Gasteiger charge is 2.36. The number of fused-ring (bicyclic) bond motifs is 3. The third kappa shape index (κ3) is 2.69. The summed E-state index contributed by atoms with van der Waals surface area (Å²) < 4.78 is 8.12. The standard InChI is InChI=1S/C19H24N8O/c1-4-26(12-5-6-12)15-13-16(27-7-8-28-19(2,3)17(27)23-13)25-14(24-15)11-9-21-18(20)22-10-11/h9-10,12H,4-8H2,1-3H3,(H2,20,21,22). The lowest BCUT2D eigenvalue weighted by atomic mass is 10.1. The third-order valence-electron chi connectivity index (χ3n) is 5.42. The molecule has 3 aromatic rings. The molecule has 5 rings (SSSR count). The van der Waals surface area contributed by atoms with Crippen molar-refractivity contribution in [1.29, 1.82) is 0 Å². The van der Waals surface area contributed by atoms with E-state index in [4.69, 9.17) is 25.4 Å². The van der Waals surface area contributed by atoms with E-state index < -0.39 is 5.60 Å². The molecule has 0 atom stereocenters. The van der Waals surface area contributed by atoms with Gasteiger partial charge in [0.2, 0.25) is 5.95 Å². The Bertz CT molecular complexity index is 1040. The van der Waals surface area contributed by atoms with E-state index in [9.17, 15) is 0 Å². The van der Waals surface area contributed by atoms with Gasteiger partial charge >= 0.3 is 0 Å². The molecule has 1 aliphatic heterocycles. The lowest BCUT2D eigenvalue weighted by Gasteiger charge is -2.30. The van der Waals surface area contributed by atoms with Crippen LogP contribution in [0.2, 0.25) is 0 Å². The summed E-state index contributed by atoms with van der Waals surface area (Å²) >= 11 is 0. The van der Waals surface area contributed by atoms with Gasteiger partial charge < -0.3 is 19.9 Å². The average molecular weight is 380 g/mol. The molecule has 0 bridgehead atoms. The Morgan fingerprint density at radius 1 is 1.21 bits per heavy atom. The monoisotopic (exact) mass is 380 g/mol. The average Bonchev–Trinajstić information content (AvgIpc) is 3.43. The molecule has 3 aromatic heterocycles. The molecule has 1 fully saturated rings. The van der Waals surface area contributed by atoms with Gasteiger partial charge in [-0.25, -0.2) is 24.9 Å². The van der Waals surface area contributed by atoms with Gasteiger partial charge in [0.05, 0.1) is 12.2 Å². The summed E-state index contributed by atoms with van der Waals surface area (Å²) in [5.74, 6) is 2.59. The number of aromatic nitrogens is 6. The van der Waals surface area contributed by atoms with Crippen LogP contribution >= 0.6 is 0 Å². The van der Waals surface area contributed by atoms with E-state index in [-0.39, 0.29) is 5.95 Å². The largest absolute Gasteiger partial charge is 0.368 e. The Morgan fingerprint density at radius 3 is 2.64 bits per heavy atom. The number of nitrogen functional groups attached to an aromatic ring is 1. The van der Waals surface area contributed by atoms with Crippen LogP contribution in [0.1, 0.15) is 39.4 Å². The molecule has 0 amide bonds. The first-order chi connectivity index (χ1) is 13.5. The highest BCUT2D eigenvalue weighted by molar-refractivity contribution is 5.86. The van der Waals surface area contributed by atoms with Crippen molar-refractivity contribution >= 4 is 22.9 Å². The maximum atomic E-state index is 5.96. The summed E-state index contributed by atoms with van der Waals surface area (Å²) in [7, 11) is 0. The first kappa shape index (κ1) is 17.3. The SMILES string of the molecule is CCN(c1nc(-c2cnc(N)nc2)nc2c1nc1n2CCOC1(C)C)C1CC1. The van der Waals surface area contributed by atoms with Crippen molar-refractivity contribution in [1.82, 2.24) is 29.5 Å². The van der Waals surface area contributed by atoms with Gasteiger partial charge in [0.15, 0.2) is 22.8 Å². The molecule has 9 nitrogen and oxygen atoms in total. The second-order valence-corrected chi connectivity index (χ2v) is 7.84. The number of hydrogen-bond acceptors (Lipinski definition) is 8. The maximum Gasteiger partial charge on any atom is 0.219 e. The van der Waals surface area contributed by atoms with Crippen molar-refractivity contribution in [3.63, 3.8) is 0 Å². The molecule has 0 radical (unpaired) electrons. The Balaban J connectivity index is 1.77. The molecule has 9 heteroatoms. The van der Waals surface area contributed by atoms with E-state index in [1.807, 2.05) is 13.8 Å². The molecule has 2 aliphatic rings. The summed E-state index contributed by atoms with van der Waals surface area (Å²) in [5, 5.41) is 0. The molecule has 28 heavy (non-hydrogen) atoms. The van der Waals surface area contributed by atoms with Crippen molar-refractivity contribution in [2.75, 3.05) is 23.8 Å². The van der Waals surface area contributed by atoms with Crippen LogP contribution in [0.25, 0.3) is 22.6 Å². The first-order valence-corrected chi connectivity index (χ1v) is 9.75. The Hall–Kier alpha value is -2.81. The third-order valence-corrected chi connectivity index (χ3v) is 5.42. The van der Waals surface area contributed by atoms with Gasteiger partial charge in [-0.15, -0.1) is 0 Å². The fourth-order valence-corrected chi connectivity index (χ4v) is 3.86. The smallest absolute Gasteiger partial charge is 0.219 e. The predicted octanol–water partition coefficient (Wildman–Crippen LogP) is 2.12. The highest BCUT2D eigenvalue weighted by Crippen LogP contribution is 2.38. The van der Waals surface area contributed by atoms with Crippen LogP contribution in [-0.4, -0.2) is 48.7 Å². The molecule has 0 spiro atoms. The number of imidazole rings is 1. The van der Waals surface area contributed by atoms with E-state index in [1.165, 1.54) is 12.8 Å². The molecular weight excluding hydrogens is 356 g/mol. The van der Waals surface area contributed by atoms with Crippen LogP contribution in [0, 0.1) is 0 Å². The zero-order valence-corrected chi connectivity index (χ0v) is 16.4. The minimum Gasteiger partial charge on any atom is -0.368 e. The summed E-state index contributed by atoms with van der Waals surface area (Å²) in [4.78, 5) is 25.3. The Morgan fingerprint density at radius 2 is 1.96 bits per heavy atom. The van der Waals surface area contributed by atoms with Crippen molar-refractivity contribution in [3.05, 3.63) is 18.2 Å². The van der Waals surface area contributed by atoms with Crippen molar-refractivity contribution in [2.45, 2.75) is 51.8 Å². The molecule has 4 heterocycles. The van der Waals surface area contributed by atoms with Crippen molar-refractivity contribution in [2.24, 2.45) is 0 Å². The number of anilines is 2. The van der Waals surface area contributed by atoms with Crippen LogP contribution < -0.4 is 10.6 Å². The normalized spacial score (nSPS) is 18.2. The second-order valence-electron chi connectivity index (χ2n) is 7.84. The van der Waals surface area contributed by atoms with Crippen LogP contribution in [0.5, 0.6) is 0 Å². The Kier molecular flexibility index (Phi) is 3.77. The fraction of sp³-hybridized carbons (Fsp3) is 0.526. The van der Waals surface area contributed by atoms with Gasteiger partial charge in [-0.2, -0.15) is 0 Å². The van der Waals surface area contributed by atoms with E-state index in [0.29, 0.717) is 18.5 Å². The summed E-state index contributed by atoms with van der Waals surface area (Å²) in [6.07, 6.45) is 5.70. The van der Waals surface area contributed by atoms with Crippen molar-refractivity contribution in [3.8, 4) is 11.4 Å². The molecular formula is C19H24N8O. The number of hydrogen-bond donors (Lipinski definition) is 1. The van der Waals surface area contributed by atoms with E-state index in [0.717, 1.165) is 41.5 Å². The predicted molar refractivity (Wildman–Crippen MR) is 106 cm³/mol. The number of ether oxygens (including phenoxy) is 1. The van der Waals surface area contributed by atoms with E-state index in [1.54, 1.807) is 12.4 Å². The van der Waals surface area contributed by atoms with E-state index in [2.05, 4.69) is 26.4 Å². The lowest BCUT2D eigenvalue weighted by Crippen LogP contribution is -2.33.